The van der Waals surface area contributed by atoms with Gasteiger partial charge in [-0.15, -0.1) is 0 Å². The molecular formula is C16H26N2O. The molecule has 0 aromatic heterocycles. The maximum atomic E-state index is 5.25. The van der Waals surface area contributed by atoms with Crippen LogP contribution in [0.4, 0.5) is 0 Å². The second-order valence-corrected chi connectivity index (χ2v) is 5.17. The summed E-state index contributed by atoms with van der Waals surface area (Å²) in [5.41, 5.74) is 1.40. The van der Waals surface area contributed by atoms with Gasteiger partial charge in [0, 0.05) is 18.6 Å². The highest BCUT2D eigenvalue weighted by Crippen LogP contribution is 2.29. The van der Waals surface area contributed by atoms with Gasteiger partial charge in [-0.3, -0.25) is 4.90 Å². The van der Waals surface area contributed by atoms with Crippen LogP contribution in [0.15, 0.2) is 24.3 Å². The van der Waals surface area contributed by atoms with Gasteiger partial charge in [0.1, 0.15) is 5.75 Å². The number of methoxy groups -OCH3 is 1. The Kier molecular flexibility index (Phi) is 5.23. The van der Waals surface area contributed by atoms with Gasteiger partial charge in [0.25, 0.3) is 0 Å². The van der Waals surface area contributed by atoms with Gasteiger partial charge in [-0.25, -0.2) is 0 Å². The molecule has 1 aliphatic rings. The first-order valence-electron chi connectivity index (χ1n) is 7.40. The molecule has 19 heavy (non-hydrogen) atoms. The minimum atomic E-state index is 0.515. The van der Waals surface area contributed by atoms with Crippen LogP contribution in [0.5, 0.6) is 5.75 Å². The molecule has 1 fully saturated rings. The molecule has 0 spiro atoms. The van der Waals surface area contributed by atoms with Crippen LogP contribution in [-0.2, 0) is 0 Å². The van der Waals surface area contributed by atoms with Crippen molar-refractivity contribution in [2.45, 2.75) is 38.8 Å². The number of ether oxygens (including phenoxy) is 1. The minimum absolute atomic E-state index is 0.515. The van der Waals surface area contributed by atoms with E-state index in [0.29, 0.717) is 12.1 Å². The lowest BCUT2D eigenvalue weighted by atomic mass is 10.00. The van der Waals surface area contributed by atoms with E-state index in [9.17, 15) is 0 Å². The molecule has 106 valence electrons. The zero-order chi connectivity index (χ0) is 13.7. The van der Waals surface area contributed by atoms with Gasteiger partial charge in [0.2, 0.25) is 0 Å². The largest absolute Gasteiger partial charge is 0.497 e. The van der Waals surface area contributed by atoms with Crippen molar-refractivity contribution in [3.63, 3.8) is 0 Å². The summed E-state index contributed by atoms with van der Waals surface area (Å²) in [7, 11) is 1.72. The van der Waals surface area contributed by atoms with Crippen LogP contribution < -0.4 is 10.1 Å². The van der Waals surface area contributed by atoms with Crippen molar-refractivity contribution in [1.82, 2.24) is 10.2 Å². The molecule has 2 rings (SSSR count). The molecule has 2 atom stereocenters. The minimum Gasteiger partial charge on any atom is -0.497 e. The summed E-state index contributed by atoms with van der Waals surface area (Å²) in [4.78, 5) is 2.64. The predicted octanol–water partition coefficient (Wildman–Crippen LogP) is 2.83. The Morgan fingerprint density at radius 2 is 2.05 bits per heavy atom. The van der Waals surface area contributed by atoms with Crippen LogP contribution in [0, 0.1) is 0 Å². The molecular weight excluding hydrogens is 236 g/mol. The lowest BCUT2D eigenvalue weighted by Crippen LogP contribution is -2.39. The average Bonchev–Trinajstić information content (AvgIpc) is 2.98. The molecule has 0 amide bonds. The third kappa shape index (κ3) is 3.28. The van der Waals surface area contributed by atoms with E-state index in [-0.39, 0.29) is 0 Å². The van der Waals surface area contributed by atoms with Gasteiger partial charge in [-0.05, 0) is 43.6 Å². The van der Waals surface area contributed by atoms with Crippen LogP contribution >= 0.6 is 0 Å². The highest BCUT2D eigenvalue weighted by atomic mass is 16.5. The highest BCUT2D eigenvalue weighted by Gasteiger charge is 2.27. The van der Waals surface area contributed by atoms with Crippen molar-refractivity contribution in [3.8, 4) is 5.75 Å². The summed E-state index contributed by atoms with van der Waals surface area (Å²) in [6, 6.07) is 9.74. The lowest BCUT2D eigenvalue weighted by molar-refractivity contribution is 0.147. The van der Waals surface area contributed by atoms with Crippen molar-refractivity contribution in [3.05, 3.63) is 29.8 Å². The first-order valence-corrected chi connectivity index (χ1v) is 7.40. The Morgan fingerprint density at radius 1 is 1.32 bits per heavy atom. The van der Waals surface area contributed by atoms with E-state index in [0.717, 1.165) is 31.8 Å². The third-order valence-corrected chi connectivity index (χ3v) is 4.16. The fraction of sp³-hybridized carbons (Fsp3) is 0.625. The number of benzene rings is 1. The van der Waals surface area contributed by atoms with Gasteiger partial charge in [0.15, 0.2) is 0 Å². The molecule has 1 aromatic carbocycles. The monoisotopic (exact) mass is 262 g/mol. The quantitative estimate of drug-likeness (QED) is 0.853. The number of hydrogen-bond donors (Lipinski definition) is 1. The van der Waals surface area contributed by atoms with Crippen LogP contribution in [-0.4, -0.2) is 37.7 Å². The molecule has 1 heterocycles. The summed E-state index contributed by atoms with van der Waals surface area (Å²) in [5.74, 6) is 0.934. The van der Waals surface area contributed by atoms with Crippen LogP contribution in [0.3, 0.4) is 0 Å². The third-order valence-electron chi connectivity index (χ3n) is 4.16. The van der Waals surface area contributed by atoms with Crippen molar-refractivity contribution >= 4 is 0 Å². The van der Waals surface area contributed by atoms with Crippen LogP contribution in [0.2, 0.25) is 0 Å². The SMILES string of the molecule is CCC(c1ccc(OC)cc1)N(CC)C1CCNC1. The Hall–Kier alpha value is -1.06. The van der Waals surface area contributed by atoms with Crippen molar-refractivity contribution in [2.75, 3.05) is 26.7 Å². The lowest BCUT2D eigenvalue weighted by Gasteiger charge is -2.35. The molecule has 3 heteroatoms. The number of likely N-dealkylation sites (N-methyl/N-ethyl adjacent to an activating group) is 1. The van der Waals surface area contributed by atoms with Crippen LogP contribution in [0.1, 0.15) is 38.3 Å². The number of rotatable bonds is 6. The summed E-state index contributed by atoms with van der Waals surface area (Å²) >= 11 is 0. The summed E-state index contributed by atoms with van der Waals surface area (Å²) < 4.78 is 5.25. The maximum absolute atomic E-state index is 5.25. The van der Waals surface area contributed by atoms with Crippen molar-refractivity contribution in [2.24, 2.45) is 0 Å². The van der Waals surface area contributed by atoms with E-state index in [1.807, 2.05) is 0 Å². The second kappa shape index (κ2) is 6.92. The molecule has 3 nitrogen and oxygen atoms in total. The predicted molar refractivity (Wildman–Crippen MR) is 79.7 cm³/mol. The van der Waals surface area contributed by atoms with E-state index in [4.69, 9.17) is 4.74 Å². The number of nitrogens with zero attached hydrogens (tertiary/aromatic N) is 1. The van der Waals surface area contributed by atoms with Crippen molar-refractivity contribution < 1.29 is 4.74 Å². The van der Waals surface area contributed by atoms with E-state index in [1.165, 1.54) is 12.0 Å². The summed E-state index contributed by atoms with van der Waals surface area (Å²) in [6.45, 7) is 7.93. The maximum Gasteiger partial charge on any atom is 0.118 e. The molecule has 2 unspecified atom stereocenters. The van der Waals surface area contributed by atoms with Gasteiger partial charge < -0.3 is 10.1 Å². The van der Waals surface area contributed by atoms with Gasteiger partial charge >= 0.3 is 0 Å². The zero-order valence-electron chi connectivity index (χ0n) is 12.4. The number of nitrogens with one attached hydrogen (secondary N) is 1. The highest BCUT2D eigenvalue weighted by molar-refractivity contribution is 5.29. The number of hydrogen-bond acceptors (Lipinski definition) is 3. The standard InChI is InChI=1S/C16H26N2O/c1-4-16(13-6-8-15(19-3)9-7-13)18(5-2)14-10-11-17-12-14/h6-9,14,16-17H,4-5,10-12H2,1-3H3. The van der Waals surface area contributed by atoms with Crippen LogP contribution in [0.25, 0.3) is 0 Å². The zero-order valence-corrected chi connectivity index (χ0v) is 12.4. The average molecular weight is 262 g/mol. The second-order valence-electron chi connectivity index (χ2n) is 5.17. The summed E-state index contributed by atoms with van der Waals surface area (Å²) in [6.07, 6.45) is 2.41. The van der Waals surface area contributed by atoms with E-state index >= 15 is 0 Å². The first kappa shape index (κ1) is 14.4. The first-order chi connectivity index (χ1) is 9.30. The molecule has 1 aliphatic heterocycles. The fourth-order valence-electron chi connectivity index (χ4n) is 3.14. The molecule has 1 N–H and O–H groups in total. The van der Waals surface area contributed by atoms with Gasteiger partial charge in [-0.1, -0.05) is 26.0 Å². The fourth-order valence-corrected chi connectivity index (χ4v) is 3.14. The van der Waals surface area contributed by atoms with Crippen molar-refractivity contribution in [1.29, 1.82) is 0 Å². The molecule has 0 bridgehead atoms. The normalized spacial score (nSPS) is 20.7. The Balaban J connectivity index is 2.15. The molecule has 1 saturated heterocycles. The topological polar surface area (TPSA) is 24.5 Å². The van der Waals surface area contributed by atoms with E-state index in [2.05, 4.69) is 48.3 Å². The van der Waals surface area contributed by atoms with E-state index in [1.54, 1.807) is 7.11 Å². The van der Waals surface area contributed by atoms with E-state index < -0.39 is 0 Å². The van der Waals surface area contributed by atoms with Gasteiger partial charge in [-0.2, -0.15) is 0 Å². The molecule has 0 radical (unpaired) electrons. The van der Waals surface area contributed by atoms with Gasteiger partial charge in [0.05, 0.1) is 7.11 Å². The molecule has 0 aliphatic carbocycles. The Bertz CT molecular complexity index is 371. The Morgan fingerprint density at radius 3 is 2.53 bits per heavy atom. The molecule has 0 saturated carbocycles. The smallest absolute Gasteiger partial charge is 0.118 e. The Labute approximate surface area is 116 Å². The molecule has 1 aromatic rings. The summed E-state index contributed by atoms with van der Waals surface area (Å²) in [5, 5.41) is 3.47.